The number of para-hydroxylation sites is 1. The van der Waals surface area contributed by atoms with Crippen molar-refractivity contribution in [1.29, 1.82) is 0 Å². The Morgan fingerprint density at radius 2 is 1.56 bits per heavy atom. The first kappa shape index (κ1) is 11.1. The van der Waals surface area contributed by atoms with Gasteiger partial charge in [0.05, 0.1) is 0 Å². The van der Waals surface area contributed by atoms with Crippen molar-refractivity contribution in [1.82, 2.24) is 0 Å². The molecule has 0 spiro atoms. The zero-order chi connectivity index (χ0) is 11.4. The van der Waals surface area contributed by atoms with Crippen LogP contribution in [0.15, 0.2) is 48.5 Å². The Balaban J connectivity index is 2.28. The number of hydrogen-bond donors (Lipinski definition) is 2. The van der Waals surface area contributed by atoms with Gasteiger partial charge in [0.15, 0.2) is 0 Å². The standard InChI is InChI=1S/C14H14OS/c15-14-12(7-4-8-13(14)10-16)9-11-5-2-1-3-6-11/h1-8,15-16H,9-10H2. The predicted molar refractivity (Wildman–Crippen MR) is 70.0 cm³/mol. The largest absolute Gasteiger partial charge is 0.507 e. The highest BCUT2D eigenvalue weighted by Gasteiger charge is 2.05. The Kier molecular flexibility index (Phi) is 3.52. The molecule has 2 heteroatoms. The summed E-state index contributed by atoms with van der Waals surface area (Å²) in [6, 6.07) is 16.0. The van der Waals surface area contributed by atoms with Crippen molar-refractivity contribution in [3.8, 4) is 5.75 Å². The van der Waals surface area contributed by atoms with Crippen molar-refractivity contribution < 1.29 is 5.11 Å². The van der Waals surface area contributed by atoms with Crippen LogP contribution in [0.2, 0.25) is 0 Å². The summed E-state index contributed by atoms with van der Waals surface area (Å²) in [7, 11) is 0. The second-order valence-corrected chi connectivity index (χ2v) is 4.06. The molecule has 0 aliphatic rings. The topological polar surface area (TPSA) is 20.2 Å². The van der Waals surface area contributed by atoms with Crippen molar-refractivity contribution in [2.75, 3.05) is 0 Å². The first-order chi connectivity index (χ1) is 7.81. The molecule has 0 aromatic heterocycles. The lowest BCUT2D eigenvalue weighted by Gasteiger charge is -2.08. The fourth-order valence-corrected chi connectivity index (χ4v) is 1.99. The highest BCUT2D eigenvalue weighted by atomic mass is 32.1. The summed E-state index contributed by atoms with van der Waals surface area (Å²) >= 11 is 4.19. The molecule has 0 amide bonds. The van der Waals surface area contributed by atoms with Crippen molar-refractivity contribution >= 4 is 12.6 Å². The summed E-state index contributed by atoms with van der Waals surface area (Å²) in [5.41, 5.74) is 3.05. The molecule has 0 atom stereocenters. The van der Waals surface area contributed by atoms with Gasteiger partial charge in [-0.25, -0.2) is 0 Å². The van der Waals surface area contributed by atoms with E-state index >= 15 is 0 Å². The van der Waals surface area contributed by atoms with E-state index in [9.17, 15) is 5.11 Å². The number of hydrogen-bond acceptors (Lipinski definition) is 2. The van der Waals surface area contributed by atoms with Gasteiger partial charge in [-0.1, -0.05) is 48.5 Å². The van der Waals surface area contributed by atoms with Crippen LogP contribution < -0.4 is 0 Å². The molecule has 0 bridgehead atoms. The Labute approximate surface area is 101 Å². The Morgan fingerprint density at radius 1 is 0.875 bits per heavy atom. The molecule has 0 radical (unpaired) electrons. The summed E-state index contributed by atoms with van der Waals surface area (Å²) in [5, 5.41) is 10.0. The summed E-state index contributed by atoms with van der Waals surface area (Å²) in [4.78, 5) is 0. The number of rotatable bonds is 3. The molecule has 0 unspecified atom stereocenters. The van der Waals surface area contributed by atoms with Gasteiger partial charge >= 0.3 is 0 Å². The summed E-state index contributed by atoms with van der Waals surface area (Å²) < 4.78 is 0. The van der Waals surface area contributed by atoms with Gasteiger partial charge < -0.3 is 5.11 Å². The smallest absolute Gasteiger partial charge is 0.123 e. The maximum absolute atomic E-state index is 10.0. The van der Waals surface area contributed by atoms with E-state index in [1.54, 1.807) is 0 Å². The molecule has 0 saturated heterocycles. The Bertz CT molecular complexity index is 465. The van der Waals surface area contributed by atoms with Gasteiger partial charge in [-0.3, -0.25) is 0 Å². The minimum Gasteiger partial charge on any atom is -0.507 e. The molecule has 0 saturated carbocycles. The monoisotopic (exact) mass is 230 g/mol. The molecule has 82 valence electrons. The second kappa shape index (κ2) is 5.08. The van der Waals surface area contributed by atoms with Crippen LogP contribution in [-0.4, -0.2) is 5.11 Å². The van der Waals surface area contributed by atoms with Gasteiger partial charge in [0.1, 0.15) is 5.75 Å². The van der Waals surface area contributed by atoms with Gasteiger partial charge in [-0.15, -0.1) is 0 Å². The number of phenolic OH excluding ortho intramolecular Hbond substituents is 1. The fraction of sp³-hybridized carbons (Fsp3) is 0.143. The maximum Gasteiger partial charge on any atom is 0.123 e. The van der Waals surface area contributed by atoms with E-state index in [4.69, 9.17) is 0 Å². The fourth-order valence-electron chi connectivity index (χ4n) is 1.73. The van der Waals surface area contributed by atoms with Crippen molar-refractivity contribution in [3.63, 3.8) is 0 Å². The highest BCUT2D eigenvalue weighted by molar-refractivity contribution is 7.79. The van der Waals surface area contributed by atoms with Gasteiger partial charge in [0.2, 0.25) is 0 Å². The Hall–Kier alpha value is -1.41. The molecule has 0 fully saturated rings. The van der Waals surface area contributed by atoms with Crippen LogP contribution in [0.1, 0.15) is 16.7 Å². The molecule has 2 aromatic carbocycles. The van der Waals surface area contributed by atoms with Crippen LogP contribution in [0.4, 0.5) is 0 Å². The maximum atomic E-state index is 10.0. The Morgan fingerprint density at radius 3 is 2.25 bits per heavy atom. The molecule has 0 aliphatic heterocycles. The van der Waals surface area contributed by atoms with E-state index in [0.717, 1.165) is 17.5 Å². The minimum atomic E-state index is 0.376. The molecule has 0 aliphatic carbocycles. The molecule has 0 heterocycles. The second-order valence-electron chi connectivity index (χ2n) is 3.75. The number of benzene rings is 2. The number of phenols is 1. The number of aromatic hydroxyl groups is 1. The lowest BCUT2D eigenvalue weighted by molar-refractivity contribution is 0.465. The molecule has 2 rings (SSSR count). The van der Waals surface area contributed by atoms with Gasteiger partial charge in [-0.05, 0) is 11.1 Å². The van der Waals surface area contributed by atoms with Crippen molar-refractivity contribution in [3.05, 3.63) is 65.2 Å². The average molecular weight is 230 g/mol. The van der Waals surface area contributed by atoms with E-state index in [-0.39, 0.29) is 0 Å². The lowest BCUT2D eigenvalue weighted by Crippen LogP contribution is -1.91. The average Bonchev–Trinajstić information content (AvgIpc) is 2.33. The van der Waals surface area contributed by atoms with E-state index < -0.39 is 0 Å². The third-order valence-corrected chi connectivity index (χ3v) is 2.95. The summed E-state index contributed by atoms with van der Waals surface area (Å²) in [6.07, 6.45) is 0.758. The van der Waals surface area contributed by atoms with Crippen LogP contribution in [0.25, 0.3) is 0 Å². The molecule has 16 heavy (non-hydrogen) atoms. The van der Waals surface area contributed by atoms with Crippen LogP contribution in [0.5, 0.6) is 5.75 Å². The lowest BCUT2D eigenvalue weighted by atomic mass is 10.0. The molecule has 1 nitrogen and oxygen atoms in total. The normalized spacial score (nSPS) is 10.3. The first-order valence-electron chi connectivity index (χ1n) is 5.26. The molecule has 2 aromatic rings. The molecular formula is C14H14OS. The van der Waals surface area contributed by atoms with Gasteiger partial charge in [0, 0.05) is 17.7 Å². The first-order valence-corrected chi connectivity index (χ1v) is 5.89. The highest BCUT2D eigenvalue weighted by Crippen LogP contribution is 2.25. The van der Waals surface area contributed by atoms with E-state index in [2.05, 4.69) is 24.8 Å². The van der Waals surface area contributed by atoms with Crippen LogP contribution in [-0.2, 0) is 12.2 Å². The third kappa shape index (κ3) is 2.39. The van der Waals surface area contributed by atoms with Crippen molar-refractivity contribution in [2.45, 2.75) is 12.2 Å². The predicted octanol–water partition coefficient (Wildman–Crippen LogP) is 3.41. The van der Waals surface area contributed by atoms with Crippen LogP contribution in [0, 0.1) is 0 Å². The van der Waals surface area contributed by atoms with E-state index in [1.807, 2.05) is 36.4 Å². The summed E-state index contributed by atoms with van der Waals surface area (Å²) in [6.45, 7) is 0. The van der Waals surface area contributed by atoms with Gasteiger partial charge in [0.25, 0.3) is 0 Å². The van der Waals surface area contributed by atoms with Crippen molar-refractivity contribution in [2.24, 2.45) is 0 Å². The van der Waals surface area contributed by atoms with Crippen LogP contribution >= 0.6 is 12.6 Å². The third-order valence-electron chi connectivity index (χ3n) is 2.61. The zero-order valence-electron chi connectivity index (χ0n) is 8.93. The van der Waals surface area contributed by atoms with E-state index in [0.29, 0.717) is 11.5 Å². The quantitative estimate of drug-likeness (QED) is 0.774. The number of thiol groups is 1. The summed E-state index contributed by atoms with van der Waals surface area (Å²) in [5.74, 6) is 0.940. The van der Waals surface area contributed by atoms with Crippen LogP contribution in [0.3, 0.4) is 0 Å². The van der Waals surface area contributed by atoms with Gasteiger partial charge in [-0.2, -0.15) is 12.6 Å². The minimum absolute atomic E-state index is 0.376. The SMILES string of the molecule is Oc1c(CS)cccc1Cc1ccccc1. The zero-order valence-corrected chi connectivity index (χ0v) is 9.82. The molecule has 1 N–H and O–H groups in total. The van der Waals surface area contributed by atoms with E-state index in [1.165, 1.54) is 5.56 Å². The molecular weight excluding hydrogens is 216 g/mol.